The van der Waals surface area contributed by atoms with Gasteiger partial charge in [0.2, 0.25) is 0 Å². The lowest BCUT2D eigenvalue weighted by Gasteiger charge is -2.37. The van der Waals surface area contributed by atoms with E-state index in [0.29, 0.717) is 6.42 Å². The Hall–Kier alpha value is -2.57. The molecule has 2 rings (SSSR count). The first kappa shape index (κ1) is 35.6. The Morgan fingerprint density at radius 3 is 2.05 bits per heavy atom. The average molecular weight is 588 g/mol. The molecule has 1 aromatic carbocycles. The van der Waals surface area contributed by atoms with Crippen molar-refractivity contribution < 1.29 is 28.6 Å². The van der Waals surface area contributed by atoms with Gasteiger partial charge in [-0.2, -0.15) is 0 Å². The molecule has 1 heterocycles. The molecule has 1 N–H and O–H groups in total. The van der Waals surface area contributed by atoms with E-state index in [0.717, 1.165) is 50.5 Å². The third kappa shape index (κ3) is 14.1. The van der Waals surface area contributed by atoms with E-state index >= 15 is 0 Å². The predicted octanol–water partition coefficient (Wildman–Crippen LogP) is 8.67. The summed E-state index contributed by atoms with van der Waals surface area (Å²) in [6.45, 7) is 8.28. The highest BCUT2D eigenvalue weighted by Gasteiger charge is 2.43. The van der Waals surface area contributed by atoms with Crippen LogP contribution in [0.2, 0.25) is 0 Å². The van der Waals surface area contributed by atoms with Crippen molar-refractivity contribution in [1.82, 2.24) is 5.32 Å². The van der Waals surface area contributed by atoms with Crippen LogP contribution >= 0.6 is 0 Å². The second-order valence-corrected chi connectivity index (χ2v) is 12.3. The van der Waals surface area contributed by atoms with Gasteiger partial charge in [0.25, 0.3) is 0 Å². The molecule has 0 radical (unpaired) electrons. The number of carbonyl (C=O) groups is 3. The molecule has 4 atom stereocenters. The Morgan fingerprint density at radius 2 is 1.45 bits per heavy atom. The number of ether oxygens (including phenoxy) is 3. The summed E-state index contributed by atoms with van der Waals surface area (Å²) in [5, 5.41) is 2.71. The van der Waals surface area contributed by atoms with Crippen molar-refractivity contribution in [3.63, 3.8) is 0 Å². The van der Waals surface area contributed by atoms with E-state index in [1.54, 1.807) is 0 Å². The van der Waals surface area contributed by atoms with Crippen LogP contribution in [0.1, 0.15) is 136 Å². The average Bonchev–Trinajstić information content (AvgIpc) is 2.97. The molecule has 0 unspecified atom stereocenters. The molecule has 1 amide bonds. The topological polar surface area (TPSA) is 90.9 Å². The summed E-state index contributed by atoms with van der Waals surface area (Å²) in [7, 11) is 0. The maximum Gasteiger partial charge on any atom is 0.408 e. The summed E-state index contributed by atoms with van der Waals surface area (Å²) in [5.74, 6) is -0.888. The maximum atomic E-state index is 13.3. The van der Waals surface area contributed by atoms with Crippen LogP contribution < -0.4 is 5.32 Å². The van der Waals surface area contributed by atoms with Crippen LogP contribution in [0.15, 0.2) is 30.3 Å². The normalized spacial score (nSPS) is 17.7. The van der Waals surface area contributed by atoms with Gasteiger partial charge in [-0.15, -0.1) is 0 Å². The van der Waals surface area contributed by atoms with E-state index in [9.17, 15) is 14.4 Å². The molecule has 1 aromatic rings. The lowest BCUT2D eigenvalue weighted by atomic mass is 9.86. The highest BCUT2D eigenvalue weighted by Crippen LogP contribution is 2.33. The minimum absolute atomic E-state index is 0.113. The fourth-order valence-electron chi connectivity index (χ4n) is 5.50. The molecule has 1 aliphatic heterocycles. The molecule has 0 aromatic heterocycles. The van der Waals surface area contributed by atoms with Crippen molar-refractivity contribution in [1.29, 1.82) is 0 Å². The molecule has 7 heteroatoms. The number of amides is 1. The molecule has 42 heavy (non-hydrogen) atoms. The first-order chi connectivity index (χ1) is 20.3. The predicted molar refractivity (Wildman–Crippen MR) is 167 cm³/mol. The van der Waals surface area contributed by atoms with Gasteiger partial charge in [-0.25, -0.2) is 9.59 Å². The summed E-state index contributed by atoms with van der Waals surface area (Å²) >= 11 is 0. The standard InChI is InChI=1S/C35H57NO6/c1-5-7-9-11-12-13-14-15-19-23-29(25-31-30(33(37)42-31)24-20-10-8-6-2)41-34(38)32(27(3)4)36-35(39)40-26-28-21-17-16-18-22-28/h16-18,21-22,27,29-32H,5-15,19-20,23-26H2,1-4H3,(H,36,39)/t29-,30-,31-,32-/m0/s1. The third-order valence-corrected chi connectivity index (χ3v) is 8.20. The van der Waals surface area contributed by atoms with Crippen molar-refractivity contribution in [3.8, 4) is 0 Å². The van der Waals surface area contributed by atoms with E-state index < -0.39 is 18.1 Å². The monoisotopic (exact) mass is 587 g/mol. The lowest BCUT2D eigenvalue weighted by Crippen LogP contribution is -2.49. The Kier molecular flexibility index (Phi) is 18.0. The van der Waals surface area contributed by atoms with E-state index in [1.165, 1.54) is 51.4 Å². The van der Waals surface area contributed by atoms with Gasteiger partial charge in [-0.05, 0) is 30.7 Å². The zero-order chi connectivity index (χ0) is 30.6. The minimum atomic E-state index is -0.826. The van der Waals surface area contributed by atoms with Crippen LogP contribution in [0.4, 0.5) is 4.79 Å². The Bertz CT molecular complexity index is 889. The van der Waals surface area contributed by atoms with Gasteiger partial charge < -0.3 is 19.5 Å². The van der Waals surface area contributed by atoms with Gasteiger partial charge in [0.15, 0.2) is 0 Å². The van der Waals surface area contributed by atoms with Gasteiger partial charge in [-0.3, -0.25) is 4.79 Å². The van der Waals surface area contributed by atoms with Crippen LogP contribution in [0, 0.1) is 11.8 Å². The molecule has 238 valence electrons. The second kappa shape index (κ2) is 21.2. The van der Waals surface area contributed by atoms with Crippen LogP contribution in [-0.4, -0.2) is 36.3 Å². The Morgan fingerprint density at radius 1 is 0.857 bits per heavy atom. The highest BCUT2D eigenvalue weighted by molar-refractivity contribution is 5.82. The quantitative estimate of drug-likeness (QED) is 0.0782. The molecular weight excluding hydrogens is 530 g/mol. The number of benzene rings is 1. The molecule has 0 spiro atoms. The number of carbonyl (C=O) groups excluding carboxylic acids is 3. The molecule has 0 bridgehead atoms. The largest absolute Gasteiger partial charge is 0.461 e. The third-order valence-electron chi connectivity index (χ3n) is 8.20. The van der Waals surface area contributed by atoms with Crippen molar-refractivity contribution in [2.24, 2.45) is 11.8 Å². The minimum Gasteiger partial charge on any atom is -0.461 e. The zero-order valence-corrected chi connectivity index (χ0v) is 26.7. The lowest BCUT2D eigenvalue weighted by molar-refractivity contribution is -0.190. The summed E-state index contributed by atoms with van der Waals surface area (Å²) in [4.78, 5) is 38.1. The Labute approximate surface area is 254 Å². The number of nitrogens with one attached hydrogen (secondary N) is 1. The van der Waals surface area contributed by atoms with E-state index in [4.69, 9.17) is 14.2 Å². The van der Waals surface area contributed by atoms with Crippen molar-refractivity contribution >= 4 is 18.0 Å². The summed E-state index contributed by atoms with van der Waals surface area (Å²) in [6.07, 6.45) is 16.2. The number of unbranched alkanes of at least 4 members (excludes halogenated alkanes) is 11. The molecule has 1 fully saturated rings. The van der Waals surface area contributed by atoms with Crippen LogP contribution in [-0.2, 0) is 30.4 Å². The second-order valence-electron chi connectivity index (χ2n) is 12.3. The number of hydrogen-bond acceptors (Lipinski definition) is 6. The van der Waals surface area contributed by atoms with Crippen molar-refractivity contribution in [3.05, 3.63) is 35.9 Å². The van der Waals surface area contributed by atoms with Gasteiger partial charge >= 0.3 is 18.0 Å². The number of hydrogen-bond donors (Lipinski definition) is 1. The highest BCUT2D eigenvalue weighted by atomic mass is 16.6. The number of esters is 2. The molecule has 7 nitrogen and oxygen atoms in total. The van der Waals surface area contributed by atoms with Crippen LogP contribution in [0.5, 0.6) is 0 Å². The van der Waals surface area contributed by atoms with E-state index in [1.807, 2.05) is 44.2 Å². The SMILES string of the molecule is CCCCCCCCCCC[C@@H](C[C@@H]1OC(=O)[C@H]1CCCCCC)OC(=O)[C@@H](NC(=O)OCc1ccccc1)C(C)C. The van der Waals surface area contributed by atoms with Crippen molar-refractivity contribution in [2.75, 3.05) is 0 Å². The van der Waals surface area contributed by atoms with E-state index in [2.05, 4.69) is 19.2 Å². The number of cyclic esters (lactones) is 1. The van der Waals surface area contributed by atoms with Crippen LogP contribution in [0.3, 0.4) is 0 Å². The fourth-order valence-corrected chi connectivity index (χ4v) is 5.50. The van der Waals surface area contributed by atoms with Crippen molar-refractivity contribution in [2.45, 2.75) is 155 Å². The summed E-state index contributed by atoms with van der Waals surface area (Å²) < 4.78 is 16.9. The first-order valence-corrected chi connectivity index (χ1v) is 16.7. The number of alkyl carbamates (subject to hydrolysis) is 1. The summed E-state index contributed by atoms with van der Waals surface area (Å²) in [6, 6.07) is 8.60. The van der Waals surface area contributed by atoms with E-state index in [-0.39, 0.29) is 36.6 Å². The van der Waals surface area contributed by atoms with Gasteiger partial charge in [0.1, 0.15) is 24.9 Å². The first-order valence-electron chi connectivity index (χ1n) is 16.7. The van der Waals surface area contributed by atoms with Gasteiger partial charge in [-0.1, -0.05) is 135 Å². The molecule has 0 saturated carbocycles. The fraction of sp³-hybridized carbons (Fsp3) is 0.743. The number of rotatable bonds is 23. The Balaban J connectivity index is 1.91. The molecule has 1 aliphatic rings. The molecule has 1 saturated heterocycles. The smallest absolute Gasteiger partial charge is 0.408 e. The summed E-state index contributed by atoms with van der Waals surface area (Å²) in [5.41, 5.74) is 0.872. The zero-order valence-electron chi connectivity index (χ0n) is 26.7. The molecule has 0 aliphatic carbocycles. The van der Waals surface area contributed by atoms with Gasteiger partial charge in [0, 0.05) is 6.42 Å². The van der Waals surface area contributed by atoms with Gasteiger partial charge in [0.05, 0.1) is 5.92 Å². The molecular formula is C35H57NO6. The van der Waals surface area contributed by atoms with Crippen LogP contribution in [0.25, 0.3) is 0 Å². The maximum absolute atomic E-state index is 13.3.